The van der Waals surface area contributed by atoms with Gasteiger partial charge in [0, 0.05) is 5.02 Å². The number of phenolic OH excluding ortho intramolecular Hbond substituents is 1. The lowest BCUT2D eigenvalue weighted by molar-refractivity contribution is -0.139. The molecule has 0 spiro atoms. The topological polar surface area (TPSA) is 126 Å². The summed E-state index contributed by atoms with van der Waals surface area (Å²) in [6.45, 7) is 1.61. The van der Waals surface area contributed by atoms with Gasteiger partial charge in [0.2, 0.25) is 0 Å². The molecule has 8 nitrogen and oxygen atoms in total. The van der Waals surface area contributed by atoms with E-state index >= 15 is 0 Å². The molecule has 9 heteroatoms. The number of nitrogens with zero attached hydrogens (tertiary/aromatic N) is 2. The predicted octanol–water partition coefficient (Wildman–Crippen LogP) is 3.25. The van der Waals surface area contributed by atoms with Crippen molar-refractivity contribution in [3.63, 3.8) is 0 Å². The molecular weight excluding hydrogens is 434 g/mol. The average molecular weight is 454 g/mol. The highest BCUT2D eigenvalue weighted by molar-refractivity contribution is 6.31. The molecule has 1 aliphatic rings. The number of rotatable bonds is 4. The van der Waals surface area contributed by atoms with E-state index in [9.17, 15) is 20.0 Å². The molecule has 0 fully saturated rings. The smallest absolute Gasteiger partial charge is 0.355 e. The number of hydrogen-bond acceptors (Lipinski definition) is 8. The molecule has 1 atom stereocenters. The number of nitrogens with two attached hydrogens (primary N) is 1. The Bertz CT molecular complexity index is 1200. The maximum Gasteiger partial charge on any atom is 0.355 e. The van der Waals surface area contributed by atoms with Gasteiger partial charge in [-0.15, -0.1) is 0 Å². The van der Waals surface area contributed by atoms with Crippen LogP contribution in [0, 0.1) is 18.3 Å². The molecule has 3 rings (SSSR count). The van der Waals surface area contributed by atoms with Crippen LogP contribution in [0.2, 0.25) is 5.02 Å². The van der Waals surface area contributed by atoms with Crippen LogP contribution < -0.4 is 10.6 Å². The number of allylic oxidation sites excluding steroid dienone is 1. The van der Waals surface area contributed by atoms with Gasteiger partial charge in [-0.05, 0) is 30.2 Å². The number of ether oxygens (including phenoxy) is 2. The molecule has 32 heavy (non-hydrogen) atoms. The molecule has 0 radical (unpaired) electrons. The van der Waals surface area contributed by atoms with Crippen molar-refractivity contribution >= 4 is 29.2 Å². The van der Waals surface area contributed by atoms with Gasteiger partial charge in [0.25, 0.3) is 0 Å². The van der Waals surface area contributed by atoms with Gasteiger partial charge >= 0.3 is 11.9 Å². The standard InChI is InChI=1S/C23H20ClN3O5/c1-12-9-14(24)10-16(20(12)28)27-19(23(30)32-3)18(22(29)31-2)17(15(11-25)21(27)26)13-7-5-4-6-8-13/h4-10,17,28H,26H2,1-3H3. The van der Waals surface area contributed by atoms with E-state index in [1.165, 1.54) is 12.1 Å². The summed E-state index contributed by atoms with van der Waals surface area (Å²) in [7, 11) is 2.30. The summed E-state index contributed by atoms with van der Waals surface area (Å²) in [6.07, 6.45) is 0. The molecule has 3 N–H and O–H groups in total. The van der Waals surface area contributed by atoms with E-state index in [-0.39, 0.29) is 39.1 Å². The molecule has 0 aliphatic carbocycles. The number of nitriles is 1. The Labute approximate surface area is 189 Å². The predicted molar refractivity (Wildman–Crippen MR) is 117 cm³/mol. The second-order valence-corrected chi connectivity index (χ2v) is 7.36. The van der Waals surface area contributed by atoms with Crippen LogP contribution >= 0.6 is 11.6 Å². The number of aryl methyl sites for hydroxylation is 1. The summed E-state index contributed by atoms with van der Waals surface area (Å²) in [5, 5.41) is 21.0. The van der Waals surface area contributed by atoms with Crippen LogP contribution in [0.25, 0.3) is 0 Å². The summed E-state index contributed by atoms with van der Waals surface area (Å²) < 4.78 is 9.91. The van der Waals surface area contributed by atoms with E-state index in [0.717, 1.165) is 19.1 Å². The van der Waals surface area contributed by atoms with E-state index < -0.39 is 17.9 Å². The van der Waals surface area contributed by atoms with Crippen molar-refractivity contribution in [3.05, 3.63) is 81.3 Å². The molecule has 164 valence electrons. The van der Waals surface area contributed by atoms with Crippen LogP contribution in [-0.2, 0) is 19.1 Å². The lowest BCUT2D eigenvalue weighted by Crippen LogP contribution is -2.40. The van der Waals surface area contributed by atoms with Crippen molar-refractivity contribution in [1.82, 2.24) is 0 Å². The van der Waals surface area contributed by atoms with Gasteiger partial charge in [-0.3, -0.25) is 4.90 Å². The first-order valence-electron chi connectivity index (χ1n) is 9.41. The van der Waals surface area contributed by atoms with Crippen LogP contribution in [0.1, 0.15) is 17.0 Å². The van der Waals surface area contributed by atoms with Gasteiger partial charge < -0.3 is 20.3 Å². The van der Waals surface area contributed by atoms with Gasteiger partial charge in [0.15, 0.2) is 0 Å². The average Bonchev–Trinajstić information content (AvgIpc) is 2.80. The minimum absolute atomic E-state index is 0.00793. The summed E-state index contributed by atoms with van der Waals surface area (Å²) >= 11 is 6.19. The molecule has 0 aromatic heterocycles. The number of hydrogen-bond donors (Lipinski definition) is 2. The van der Waals surface area contributed by atoms with E-state index in [2.05, 4.69) is 0 Å². The molecule has 0 saturated carbocycles. The highest BCUT2D eigenvalue weighted by Crippen LogP contribution is 2.46. The summed E-state index contributed by atoms with van der Waals surface area (Å²) in [6, 6.07) is 13.6. The van der Waals surface area contributed by atoms with Crippen molar-refractivity contribution in [2.24, 2.45) is 5.73 Å². The molecule has 1 heterocycles. The Hall–Kier alpha value is -3.96. The van der Waals surface area contributed by atoms with Crippen molar-refractivity contribution < 1.29 is 24.2 Å². The number of phenols is 1. The molecule has 0 amide bonds. The Kier molecular flexibility index (Phi) is 6.42. The van der Waals surface area contributed by atoms with Crippen molar-refractivity contribution in [1.29, 1.82) is 5.26 Å². The number of carbonyl (C=O) groups excluding carboxylic acids is 2. The molecule has 2 aromatic carbocycles. The summed E-state index contributed by atoms with van der Waals surface area (Å²) in [5.41, 5.74) is 6.87. The molecule has 0 saturated heterocycles. The zero-order chi connectivity index (χ0) is 23.6. The highest BCUT2D eigenvalue weighted by atomic mass is 35.5. The number of benzene rings is 2. The molecular formula is C23H20ClN3O5. The summed E-state index contributed by atoms with van der Waals surface area (Å²) in [4.78, 5) is 27.0. The fourth-order valence-electron chi connectivity index (χ4n) is 3.65. The van der Waals surface area contributed by atoms with Gasteiger partial charge in [-0.2, -0.15) is 5.26 Å². The Morgan fingerprint density at radius 2 is 1.78 bits per heavy atom. The van der Waals surface area contributed by atoms with Crippen molar-refractivity contribution in [2.75, 3.05) is 19.1 Å². The minimum Gasteiger partial charge on any atom is -0.505 e. The highest BCUT2D eigenvalue weighted by Gasteiger charge is 2.43. The first-order valence-corrected chi connectivity index (χ1v) is 9.79. The first kappa shape index (κ1) is 22.7. The van der Waals surface area contributed by atoms with Crippen LogP contribution in [0.15, 0.2) is 65.1 Å². The maximum atomic E-state index is 13.0. The quantitative estimate of drug-likeness (QED) is 0.675. The van der Waals surface area contributed by atoms with Crippen LogP contribution in [0.4, 0.5) is 5.69 Å². The molecule has 1 aliphatic heterocycles. The Morgan fingerprint density at radius 3 is 2.34 bits per heavy atom. The van der Waals surface area contributed by atoms with E-state index in [1.54, 1.807) is 37.3 Å². The zero-order valence-corrected chi connectivity index (χ0v) is 18.3. The third-order valence-electron chi connectivity index (χ3n) is 5.10. The van der Waals surface area contributed by atoms with Crippen molar-refractivity contribution in [3.8, 4) is 11.8 Å². The third kappa shape index (κ3) is 3.74. The number of halogens is 1. The molecule has 2 aromatic rings. The van der Waals surface area contributed by atoms with Crippen LogP contribution in [0.5, 0.6) is 5.75 Å². The molecule has 1 unspecified atom stereocenters. The fraction of sp³-hybridized carbons (Fsp3) is 0.174. The van der Waals surface area contributed by atoms with Gasteiger partial charge in [-0.25, -0.2) is 9.59 Å². The van der Waals surface area contributed by atoms with E-state index in [4.69, 9.17) is 26.8 Å². The summed E-state index contributed by atoms with van der Waals surface area (Å²) in [5.74, 6) is -3.17. The largest absolute Gasteiger partial charge is 0.505 e. The maximum absolute atomic E-state index is 13.0. The number of carbonyl (C=O) groups is 2. The second kappa shape index (κ2) is 9.04. The minimum atomic E-state index is -0.999. The number of anilines is 1. The SMILES string of the molecule is COC(=O)C1=C(C(=O)OC)N(c2cc(Cl)cc(C)c2O)C(N)=C(C#N)C1c1ccccc1. The van der Waals surface area contributed by atoms with Crippen LogP contribution in [0.3, 0.4) is 0 Å². The van der Waals surface area contributed by atoms with Gasteiger partial charge in [0.05, 0.1) is 43.0 Å². The van der Waals surface area contributed by atoms with Crippen molar-refractivity contribution in [2.45, 2.75) is 12.8 Å². The number of methoxy groups -OCH3 is 2. The molecule has 0 bridgehead atoms. The lowest BCUT2D eigenvalue weighted by Gasteiger charge is -2.36. The van der Waals surface area contributed by atoms with Gasteiger partial charge in [0.1, 0.15) is 17.3 Å². The fourth-order valence-corrected chi connectivity index (χ4v) is 3.92. The normalized spacial score (nSPS) is 16.0. The van der Waals surface area contributed by atoms with E-state index in [0.29, 0.717) is 11.1 Å². The monoisotopic (exact) mass is 453 g/mol. The lowest BCUT2D eigenvalue weighted by atomic mass is 9.81. The third-order valence-corrected chi connectivity index (χ3v) is 5.31. The first-order chi connectivity index (χ1) is 15.3. The number of esters is 2. The van der Waals surface area contributed by atoms with E-state index in [1.807, 2.05) is 6.07 Å². The van der Waals surface area contributed by atoms with Crippen LogP contribution in [-0.4, -0.2) is 31.3 Å². The Balaban J connectivity index is 2.47. The van der Waals surface area contributed by atoms with Gasteiger partial charge in [-0.1, -0.05) is 41.9 Å². The zero-order valence-electron chi connectivity index (χ0n) is 17.5. The second-order valence-electron chi connectivity index (χ2n) is 6.93. The number of aromatic hydroxyl groups is 1. The Morgan fingerprint density at radius 1 is 1.16 bits per heavy atom.